The topological polar surface area (TPSA) is 104 Å². The van der Waals surface area contributed by atoms with Crippen LogP contribution in [-0.4, -0.2) is 53.6 Å². The SMILES string of the molecule is CSCC[C@@H](C=O)NC(=O)[C@H](CC(C)C)NC(=O)C1(NC(C)=O)C[C@H]1c1ccccc1. The number of nitrogens with one attached hydrogen (secondary N) is 3. The van der Waals surface area contributed by atoms with E-state index in [1.54, 1.807) is 11.8 Å². The summed E-state index contributed by atoms with van der Waals surface area (Å²) >= 11 is 1.60. The number of carbonyl (C=O) groups is 4. The van der Waals surface area contributed by atoms with Gasteiger partial charge in [0.05, 0.1) is 6.04 Å². The normalized spacial score (nSPS) is 21.6. The van der Waals surface area contributed by atoms with Crippen LogP contribution in [0.15, 0.2) is 30.3 Å². The minimum atomic E-state index is -1.06. The van der Waals surface area contributed by atoms with E-state index in [9.17, 15) is 19.2 Å². The van der Waals surface area contributed by atoms with Crippen LogP contribution in [0.1, 0.15) is 51.5 Å². The Labute approximate surface area is 188 Å². The van der Waals surface area contributed by atoms with Gasteiger partial charge in [-0.25, -0.2) is 0 Å². The summed E-state index contributed by atoms with van der Waals surface area (Å²) in [7, 11) is 0. The fraction of sp³-hybridized carbons (Fsp3) is 0.565. The monoisotopic (exact) mass is 447 g/mol. The van der Waals surface area contributed by atoms with Crippen LogP contribution in [0.5, 0.6) is 0 Å². The van der Waals surface area contributed by atoms with Gasteiger partial charge in [0, 0.05) is 12.8 Å². The van der Waals surface area contributed by atoms with Gasteiger partial charge in [-0.1, -0.05) is 44.2 Å². The van der Waals surface area contributed by atoms with Crippen LogP contribution in [-0.2, 0) is 19.2 Å². The summed E-state index contributed by atoms with van der Waals surface area (Å²) < 4.78 is 0. The van der Waals surface area contributed by atoms with Gasteiger partial charge in [0.25, 0.3) is 0 Å². The predicted molar refractivity (Wildman–Crippen MR) is 123 cm³/mol. The van der Waals surface area contributed by atoms with E-state index in [2.05, 4.69) is 16.0 Å². The molecule has 1 aliphatic carbocycles. The number of rotatable bonds is 12. The number of aldehydes is 1. The number of thioether (sulfide) groups is 1. The van der Waals surface area contributed by atoms with Crippen molar-refractivity contribution >= 4 is 35.8 Å². The minimum absolute atomic E-state index is 0.148. The van der Waals surface area contributed by atoms with Crippen LogP contribution < -0.4 is 16.0 Å². The van der Waals surface area contributed by atoms with Gasteiger partial charge < -0.3 is 20.7 Å². The van der Waals surface area contributed by atoms with Crippen LogP contribution in [0.4, 0.5) is 0 Å². The lowest BCUT2D eigenvalue weighted by Crippen LogP contribution is -2.57. The van der Waals surface area contributed by atoms with Crippen LogP contribution in [0.25, 0.3) is 0 Å². The molecule has 7 nitrogen and oxygen atoms in total. The summed E-state index contributed by atoms with van der Waals surface area (Å²) in [5.41, 5.74) is -0.0969. The maximum atomic E-state index is 13.3. The predicted octanol–water partition coefficient (Wildman–Crippen LogP) is 2.02. The number of carbonyl (C=O) groups excluding carboxylic acids is 4. The zero-order chi connectivity index (χ0) is 23.0. The van der Waals surface area contributed by atoms with Crippen LogP contribution in [0.2, 0.25) is 0 Å². The first kappa shape index (κ1) is 24.9. The summed E-state index contributed by atoms with van der Waals surface area (Å²) in [4.78, 5) is 49.4. The van der Waals surface area contributed by atoms with E-state index >= 15 is 0 Å². The van der Waals surface area contributed by atoms with Crippen molar-refractivity contribution in [2.75, 3.05) is 12.0 Å². The Morgan fingerprint density at radius 2 is 1.87 bits per heavy atom. The highest BCUT2D eigenvalue weighted by Crippen LogP contribution is 2.51. The van der Waals surface area contributed by atoms with Gasteiger partial charge in [-0.15, -0.1) is 0 Å². The molecule has 1 saturated carbocycles. The molecule has 1 aromatic rings. The molecule has 3 amide bonds. The Balaban J connectivity index is 2.16. The summed E-state index contributed by atoms with van der Waals surface area (Å²) in [6, 6.07) is 8.18. The lowest BCUT2D eigenvalue weighted by atomic mass is 10.0. The Morgan fingerprint density at radius 3 is 2.42 bits per heavy atom. The van der Waals surface area contributed by atoms with E-state index in [4.69, 9.17) is 0 Å². The smallest absolute Gasteiger partial charge is 0.247 e. The summed E-state index contributed by atoms with van der Waals surface area (Å²) in [5, 5.41) is 8.41. The molecule has 0 radical (unpaired) electrons. The summed E-state index contributed by atoms with van der Waals surface area (Å²) in [6.45, 7) is 5.31. The van der Waals surface area contributed by atoms with Crippen LogP contribution >= 0.6 is 11.8 Å². The van der Waals surface area contributed by atoms with Crippen molar-refractivity contribution in [3.8, 4) is 0 Å². The average molecular weight is 448 g/mol. The lowest BCUT2D eigenvalue weighted by molar-refractivity contribution is -0.133. The van der Waals surface area contributed by atoms with Gasteiger partial charge in [0.15, 0.2) is 0 Å². The van der Waals surface area contributed by atoms with Crippen LogP contribution in [0.3, 0.4) is 0 Å². The third kappa shape index (κ3) is 6.82. The molecule has 1 aliphatic rings. The van der Waals surface area contributed by atoms with Gasteiger partial charge >= 0.3 is 0 Å². The summed E-state index contributed by atoms with van der Waals surface area (Å²) in [5.74, 6) is -0.298. The molecule has 1 unspecified atom stereocenters. The molecular weight excluding hydrogens is 414 g/mol. The Kier molecular flexibility index (Phi) is 9.10. The Bertz CT molecular complexity index is 786. The zero-order valence-electron chi connectivity index (χ0n) is 18.6. The molecule has 0 aromatic heterocycles. The quantitative estimate of drug-likeness (QED) is 0.425. The van der Waals surface area contributed by atoms with E-state index in [1.165, 1.54) is 6.92 Å². The fourth-order valence-corrected chi connectivity index (χ4v) is 4.29. The number of benzene rings is 1. The van der Waals surface area contributed by atoms with E-state index in [0.717, 1.165) is 17.6 Å². The largest absolute Gasteiger partial charge is 0.345 e. The van der Waals surface area contributed by atoms with Gasteiger partial charge in [-0.3, -0.25) is 14.4 Å². The molecule has 2 rings (SSSR count). The van der Waals surface area contributed by atoms with Gasteiger partial charge in [-0.2, -0.15) is 11.8 Å². The molecule has 0 heterocycles. The molecule has 1 aromatic carbocycles. The van der Waals surface area contributed by atoms with Crippen molar-refractivity contribution in [2.24, 2.45) is 5.92 Å². The zero-order valence-corrected chi connectivity index (χ0v) is 19.5. The first-order valence-electron chi connectivity index (χ1n) is 10.6. The Morgan fingerprint density at radius 1 is 1.19 bits per heavy atom. The standard InChI is InChI=1S/C23H33N3O4S/c1-15(2)12-20(21(29)24-18(14-27)10-11-31-4)25-22(30)23(26-16(3)28)13-19(23)17-8-6-5-7-9-17/h5-9,14-15,18-20H,10-13H2,1-4H3,(H,24,29)(H,25,30)(H,26,28)/t18-,19-,20-,23?/m0/s1. The first-order valence-corrected chi connectivity index (χ1v) is 12.0. The fourth-order valence-electron chi connectivity index (χ4n) is 3.80. The number of hydrogen-bond donors (Lipinski definition) is 3. The van der Waals surface area contributed by atoms with Gasteiger partial charge in [0.1, 0.15) is 17.9 Å². The van der Waals surface area contributed by atoms with Gasteiger partial charge in [-0.05, 0) is 42.8 Å². The highest BCUT2D eigenvalue weighted by atomic mass is 32.2. The third-order valence-corrected chi connectivity index (χ3v) is 6.06. The number of hydrogen-bond acceptors (Lipinski definition) is 5. The van der Waals surface area contributed by atoms with Crippen molar-refractivity contribution in [1.29, 1.82) is 0 Å². The van der Waals surface area contributed by atoms with E-state index < -0.39 is 17.6 Å². The second-order valence-electron chi connectivity index (χ2n) is 8.51. The molecular formula is C23H33N3O4S. The average Bonchev–Trinajstić information content (AvgIpc) is 3.45. The van der Waals surface area contributed by atoms with E-state index in [1.807, 2.05) is 50.4 Å². The second-order valence-corrected chi connectivity index (χ2v) is 9.49. The van der Waals surface area contributed by atoms with Crippen LogP contribution in [0, 0.1) is 5.92 Å². The second kappa shape index (κ2) is 11.3. The molecule has 170 valence electrons. The van der Waals surface area contributed by atoms with Crippen molar-refractivity contribution in [1.82, 2.24) is 16.0 Å². The lowest BCUT2D eigenvalue weighted by Gasteiger charge is -2.25. The van der Waals surface area contributed by atoms with Crippen molar-refractivity contribution in [2.45, 2.75) is 63.6 Å². The van der Waals surface area contributed by atoms with Gasteiger partial charge in [0.2, 0.25) is 17.7 Å². The van der Waals surface area contributed by atoms with E-state index in [0.29, 0.717) is 19.3 Å². The van der Waals surface area contributed by atoms with Crippen molar-refractivity contribution in [3.05, 3.63) is 35.9 Å². The third-order valence-electron chi connectivity index (χ3n) is 5.42. The van der Waals surface area contributed by atoms with Crippen molar-refractivity contribution < 1.29 is 19.2 Å². The molecule has 0 saturated heterocycles. The maximum Gasteiger partial charge on any atom is 0.247 e. The molecule has 8 heteroatoms. The molecule has 1 fully saturated rings. The highest BCUT2D eigenvalue weighted by molar-refractivity contribution is 7.98. The Hall–Kier alpha value is -2.35. The molecule has 3 N–H and O–H groups in total. The molecule has 0 spiro atoms. The molecule has 0 bridgehead atoms. The summed E-state index contributed by atoms with van der Waals surface area (Å²) in [6.07, 6.45) is 4.10. The minimum Gasteiger partial charge on any atom is -0.345 e. The molecule has 0 aliphatic heterocycles. The first-order chi connectivity index (χ1) is 14.7. The highest BCUT2D eigenvalue weighted by Gasteiger charge is 2.61. The number of amides is 3. The molecule has 31 heavy (non-hydrogen) atoms. The maximum absolute atomic E-state index is 13.3. The van der Waals surface area contributed by atoms with Crippen molar-refractivity contribution in [3.63, 3.8) is 0 Å². The molecule has 4 atom stereocenters. The van der Waals surface area contributed by atoms with E-state index in [-0.39, 0.29) is 29.6 Å².